The van der Waals surface area contributed by atoms with Crippen LogP contribution in [0.25, 0.3) is 117 Å². The van der Waals surface area contributed by atoms with Gasteiger partial charge in [0.25, 0.3) is 0 Å². The fourth-order valence-corrected chi connectivity index (χ4v) is 9.34. The Balaban J connectivity index is 1.11. The molecule has 4 heteroatoms. The van der Waals surface area contributed by atoms with E-state index >= 15 is 0 Å². The number of rotatable bonds is 7. The third-order valence-corrected chi connectivity index (χ3v) is 12.2. The van der Waals surface area contributed by atoms with Gasteiger partial charge in [0.1, 0.15) is 0 Å². The first kappa shape index (κ1) is 36.4. The number of nitrogens with zero attached hydrogens (tertiary/aromatic N) is 4. The minimum Gasteiger partial charge on any atom is -0.309 e. The highest BCUT2D eigenvalue weighted by Crippen LogP contribution is 2.45. The van der Waals surface area contributed by atoms with Crippen LogP contribution in [-0.2, 0) is 0 Å². The van der Waals surface area contributed by atoms with Gasteiger partial charge in [-0.3, -0.25) is 0 Å². The van der Waals surface area contributed by atoms with Gasteiger partial charge in [-0.25, -0.2) is 15.0 Å². The highest BCUT2D eigenvalue weighted by Gasteiger charge is 2.23. The Morgan fingerprint density at radius 3 is 1.41 bits per heavy atom. The molecule has 12 rings (SSSR count). The maximum atomic E-state index is 5.61. The van der Waals surface area contributed by atoms with Crippen molar-refractivity contribution in [1.82, 2.24) is 19.5 Å². The average Bonchev–Trinajstić information content (AvgIpc) is 3.71. The smallest absolute Gasteiger partial charge is 0.160 e. The summed E-state index contributed by atoms with van der Waals surface area (Å²) >= 11 is 0. The topological polar surface area (TPSA) is 43.6 Å². The summed E-state index contributed by atoms with van der Waals surface area (Å²) in [5, 5.41) is 5.86. The van der Waals surface area contributed by atoms with Crippen LogP contribution in [0.15, 0.2) is 231 Å². The molecular weight excluding hydrogens is 765 g/mol. The SMILES string of the molecule is c1ccc(-c2nc(-c3ccccc3)c(-c3ccc(-c4cccc5c4nc(-c4ccccc4)c4ccc6c7ccccc7n(-c7ccccc7)c6c45)cc3)c(-c3ccccc3)n2)cc1. The minimum atomic E-state index is 0.692. The quantitative estimate of drug-likeness (QED) is 0.151. The fourth-order valence-electron chi connectivity index (χ4n) is 9.34. The molecule has 0 aliphatic heterocycles. The first-order valence-electron chi connectivity index (χ1n) is 21.4. The Bertz CT molecular complexity index is 3560. The van der Waals surface area contributed by atoms with Crippen molar-refractivity contribution in [1.29, 1.82) is 0 Å². The molecule has 63 heavy (non-hydrogen) atoms. The molecule has 0 saturated heterocycles. The van der Waals surface area contributed by atoms with E-state index in [0.29, 0.717) is 5.82 Å². The molecule has 4 nitrogen and oxygen atoms in total. The Labute approximate surface area is 365 Å². The van der Waals surface area contributed by atoms with E-state index < -0.39 is 0 Å². The van der Waals surface area contributed by atoms with Gasteiger partial charge in [-0.15, -0.1) is 0 Å². The lowest BCUT2D eigenvalue weighted by Gasteiger charge is -2.18. The van der Waals surface area contributed by atoms with Gasteiger partial charge in [0.15, 0.2) is 5.82 Å². The molecule has 0 saturated carbocycles. The molecule has 0 aliphatic carbocycles. The molecule has 294 valence electrons. The molecule has 0 unspecified atom stereocenters. The van der Waals surface area contributed by atoms with Crippen LogP contribution in [0.2, 0.25) is 0 Å². The van der Waals surface area contributed by atoms with Gasteiger partial charge < -0.3 is 4.57 Å². The zero-order valence-corrected chi connectivity index (χ0v) is 34.2. The molecule has 0 spiro atoms. The predicted octanol–water partition coefficient (Wildman–Crippen LogP) is 15.3. The van der Waals surface area contributed by atoms with Crippen LogP contribution in [0.4, 0.5) is 0 Å². The summed E-state index contributed by atoms with van der Waals surface area (Å²) in [5.74, 6) is 0.692. The number of benzene rings is 9. The average molecular weight is 803 g/mol. The Morgan fingerprint density at radius 2 is 0.794 bits per heavy atom. The van der Waals surface area contributed by atoms with Crippen LogP contribution in [0.5, 0.6) is 0 Å². The second-order valence-electron chi connectivity index (χ2n) is 15.9. The summed E-state index contributed by atoms with van der Waals surface area (Å²) in [6.07, 6.45) is 0. The molecule has 9 aromatic carbocycles. The molecule has 0 fully saturated rings. The molecule has 3 aromatic heterocycles. The van der Waals surface area contributed by atoms with Crippen LogP contribution in [0.3, 0.4) is 0 Å². The number of fused-ring (bicyclic) bond motifs is 7. The standard InChI is InChI=1S/C59H38N4/c1-6-19-41(20-7-1)54-50-38-37-48-47-29-16-17-32-51(47)63(45-27-14-5-15-28-45)58(48)53(50)49-31-18-30-46(57(49)60-54)39-33-35-40(36-34-39)52-55(42-21-8-2-9-22-42)61-59(44-25-12-4-13-26-44)62-56(52)43-23-10-3-11-24-43/h1-38H. The third kappa shape index (κ3) is 6.19. The zero-order valence-electron chi connectivity index (χ0n) is 34.2. The molecule has 0 bridgehead atoms. The summed E-state index contributed by atoms with van der Waals surface area (Å²) in [5.41, 5.74) is 15.5. The highest BCUT2D eigenvalue weighted by molar-refractivity contribution is 6.28. The van der Waals surface area contributed by atoms with Crippen molar-refractivity contribution < 1.29 is 0 Å². The molecule has 0 aliphatic rings. The Kier molecular flexibility index (Phi) is 8.79. The van der Waals surface area contributed by atoms with Crippen LogP contribution in [0, 0.1) is 0 Å². The van der Waals surface area contributed by atoms with Crippen molar-refractivity contribution in [2.45, 2.75) is 0 Å². The van der Waals surface area contributed by atoms with Gasteiger partial charge in [0, 0.05) is 66.0 Å². The van der Waals surface area contributed by atoms with Gasteiger partial charge in [0.2, 0.25) is 0 Å². The number of hydrogen-bond donors (Lipinski definition) is 0. The van der Waals surface area contributed by atoms with Crippen molar-refractivity contribution >= 4 is 43.5 Å². The van der Waals surface area contributed by atoms with Crippen molar-refractivity contribution in [2.24, 2.45) is 0 Å². The van der Waals surface area contributed by atoms with Gasteiger partial charge in [0.05, 0.1) is 33.6 Å². The van der Waals surface area contributed by atoms with Gasteiger partial charge in [-0.2, -0.15) is 0 Å². The third-order valence-electron chi connectivity index (χ3n) is 12.2. The molecule has 0 amide bonds. The number of aromatic nitrogens is 4. The van der Waals surface area contributed by atoms with E-state index in [2.05, 4.69) is 205 Å². The monoisotopic (exact) mass is 802 g/mol. The van der Waals surface area contributed by atoms with E-state index in [-0.39, 0.29) is 0 Å². The lowest BCUT2D eigenvalue weighted by molar-refractivity contribution is 1.18. The molecule has 3 heterocycles. The van der Waals surface area contributed by atoms with Gasteiger partial charge in [-0.05, 0) is 29.3 Å². The van der Waals surface area contributed by atoms with Crippen LogP contribution >= 0.6 is 0 Å². The molecule has 0 N–H and O–H groups in total. The van der Waals surface area contributed by atoms with E-state index in [4.69, 9.17) is 15.0 Å². The first-order valence-corrected chi connectivity index (χ1v) is 21.4. The largest absolute Gasteiger partial charge is 0.309 e. The van der Waals surface area contributed by atoms with Gasteiger partial charge in [-0.1, -0.05) is 212 Å². The maximum absolute atomic E-state index is 5.61. The second kappa shape index (κ2) is 15.2. The number of pyridine rings is 1. The number of hydrogen-bond acceptors (Lipinski definition) is 3. The summed E-state index contributed by atoms with van der Waals surface area (Å²) in [7, 11) is 0. The summed E-state index contributed by atoms with van der Waals surface area (Å²) in [6.45, 7) is 0. The Morgan fingerprint density at radius 1 is 0.302 bits per heavy atom. The predicted molar refractivity (Wildman–Crippen MR) is 262 cm³/mol. The number of para-hydroxylation sites is 3. The van der Waals surface area contributed by atoms with Crippen molar-refractivity contribution in [3.63, 3.8) is 0 Å². The molecular formula is C59H38N4. The van der Waals surface area contributed by atoms with Crippen LogP contribution in [-0.4, -0.2) is 19.5 Å². The maximum Gasteiger partial charge on any atom is 0.160 e. The molecule has 0 atom stereocenters. The van der Waals surface area contributed by atoms with Crippen molar-refractivity contribution in [3.8, 4) is 73.1 Å². The Hall–Kier alpha value is -8.47. The van der Waals surface area contributed by atoms with E-state index in [9.17, 15) is 0 Å². The van der Waals surface area contributed by atoms with Crippen LogP contribution < -0.4 is 0 Å². The van der Waals surface area contributed by atoms with E-state index in [1.54, 1.807) is 0 Å². The zero-order chi connectivity index (χ0) is 41.7. The summed E-state index contributed by atoms with van der Waals surface area (Å²) < 4.78 is 2.43. The lowest BCUT2D eigenvalue weighted by atomic mass is 9.91. The van der Waals surface area contributed by atoms with Crippen molar-refractivity contribution in [3.05, 3.63) is 231 Å². The minimum absolute atomic E-state index is 0.692. The van der Waals surface area contributed by atoms with Gasteiger partial charge >= 0.3 is 0 Å². The van der Waals surface area contributed by atoms with Crippen molar-refractivity contribution in [2.75, 3.05) is 0 Å². The first-order chi connectivity index (χ1) is 31.3. The molecule has 0 radical (unpaired) electrons. The fraction of sp³-hybridized carbons (Fsp3) is 0. The van der Waals surface area contributed by atoms with E-state index in [1.807, 2.05) is 30.3 Å². The highest BCUT2D eigenvalue weighted by atomic mass is 15.0. The van der Waals surface area contributed by atoms with E-state index in [1.165, 1.54) is 27.2 Å². The molecule has 12 aromatic rings. The van der Waals surface area contributed by atoms with E-state index in [0.717, 1.165) is 83.6 Å². The lowest BCUT2D eigenvalue weighted by Crippen LogP contribution is -2.01. The van der Waals surface area contributed by atoms with Crippen LogP contribution in [0.1, 0.15) is 0 Å². The normalized spacial score (nSPS) is 11.5. The summed E-state index contributed by atoms with van der Waals surface area (Å²) in [6, 6.07) is 81.3. The summed E-state index contributed by atoms with van der Waals surface area (Å²) in [4.78, 5) is 16.2. The second-order valence-corrected chi connectivity index (χ2v) is 15.9.